The second-order valence-electron chi connectivity index (χ2n) is 11.7. The van der Waals surface area contributed by atoms with Crippen molar-refractivity contribution >= 4 is 12.2 Å². The highest BCUT2D eigenvalue weighted by Crippen LogP contribution is 2.56. The van der Waals surface area contributed by atoms with Gasteiger partial charge >= 0.3 is 12.2 Å². The maximum atomic E-state index is 12.6. The van der Waals surface area contributed by atoms with Crippen LogP contribution in [0.2, 0.25) is 0 Å². The van der Waals surface area contributed by atoms with Crippen LogP contribution in [-0.2, 0) is 16.7 Å². The Morgan fingerprint density at radius 2 is 1.65 bits per heavy atom. The molecule has 4 rings (SSSR count). The predicted molar refractivity (Wildman–Crippen MR) is 157 cm³/mol. The molecule has 3 atom stereocenters. The van der Waals surface area contributed by atoms with Gasteiger partial charge in [0.25, 0.3) is 0 Å². The summed E-state index contributed by atoms with van der Waals surface area (Å²) in [7, 11) is 2.13. The minimum Gasteiger partial charge on any atom is -0.485 e. The number of unbranched alkanes of at least 4 members (excludes halogenated alkanes) is 8. The maximum absolute atomic E-state index is 12.6. The SMILES string of the molecule is CCCCCCCNC(=O)Oc1ccc2c3c1O[C@H]1C[C@@H](OC(=O)NCCCCCCC)C=C[C@@]31CCN(C)C2. The number of benzene rings is 1. The third-order valence-electron chi connectivity index (χ3n) is 8.47. The fourth-order valence-corrected chi connectivity index (χ4v) is 6.23. The highest BCUT2D eigenvalue weighted by molar-refractivity contribution is 5.73. The molecule has 40 heavy (non-hydrogen) atoms. The standard InChI is InChI=1S/C32H49N3O5/c1-4-6-8-10-12-19-33-30(36)38-25-16-17-32-18-21-35(3)23-24-14-15-26(29(28(24)32)40-27(32)22-25)39-31(37)34-20-13-11-9-7-5-2/h14-17,25,27H,4-13,18-23H2,1-3H3,(H,33,36)(H,34,37)/t25-,27-,32-/m0/s1. The van der Waals surface area contributed by atoms with Crippen LogP contribution < -0.4 is 20.1 Å². The Morgan fingerprint density at radius 1 is 0.975 bits per heavy atom. The minimum absolute atomic E-state index is 0.198. The first kappa shape index (κ1) is 30.2. The second kappa shape index (κ2) is 14.8. The van der Waals surface area contributed by atoms with E-state index in [2.05, 4.69) is 48.6 Å². The van der Waals surface area contributed by atoms with E-state index in [1.807, 2.05) is 12.1 Å². The Balaban J connectivity index is 1.40. The molecule has 1 aromatic carbocycles. The van der Waals surface area contributed by atoms with Crippen LogP contribution >= 0.6 is 0 Å². The van der Waals surface area contributed by atoms with E-state index in [1.165, 1.54) is 44.1 Å². The van der Waals surface area contributed by atoms with E-state index in [4.69, 9.17) is 14.2 Å². The van der Waals surface area contributed by atoms with Crippen molar-refractivity contribution in [2.24, 2.45) is 0 Å². The van der Waals surface area contributed by atoms with Gasteiger partial charge in [0.15, 0.2) is 11.5 Å². The number of rotatable bonds is 14. The van der Waals surface area contributed by atoms with Gasteiger partial charge in [-0.05, 0) is 50.6 Å². The molecule has 2 amide bonds. The molecular formula is C32H49N3O5. The van der Waals surface area contributed by atoms with Gasteiger partial charge in [0.1, 0.15) is 12.2 Å². The fraction of sp³-hybridized carbons (Fsp3) is 0.688. The summed E-state index contributed by atoms with van der Waals surface area (Å²) in [4.78, 5) is 27.4. The quantitative estimate of drug-likeness (QED) is 0.198. The smallest absolute Gasteiger partial charge is 0.412 e. The van der Waals surface area contributed by atoms with Crippen LogP contribution in [0.5, 0.6) is 11.5 Å². The van der Waals surface area contributed by atoms with Gasteiger partial charge in [0, 0.05) is 31.6 Å². The molecule has 0 saturated carbocycles. The average Bonchev–Trinajstić information content (AvgIpc) is 3.20. The van der Waals surface area contributed by atoms with Gasteiger partial charge in [0.2, 0.25) is 0 Å². The summed E-state index contributed by atoms with van der Waals surface area (Å²) in [6.45, 7) is 7.34. The zero-order chi connectivity index (χ0) is 28.4. The van der Waals surface area contributed by atoms with Gasteiger partial charge < -0.3 is 29.7 Å². The molecule has 1 aliphatic carbocycles. The lowest BCUT2D eigenvalue weighted by molar-refractivity contribution is 0.0605. The van der Waals surface area contributed by atoms with Crippen molar-refractivity contribution < 1.29 is 23.8 Å². The molecule has 8 nitrogen and oxygen atoms in total. The van der Waals surface area contributed by atoms with Crippen LogP contribution in [0.3, 0.4) is 0 Å². The van der Waals surface area contributed by atoms with Gasteiger partial charge in [-0.1, -0.05) is 77.4 Å². The summed E-state index contributed by atoms with van der Waals surface area (Å²) < 4.78 is 18.1. The van der Waals surface area contributed by atoms with Crippen molar-refractivity contribution in [1.29, 1.82) is 0 Å². The lowest BCUT2D eigenvalue weighted by Crippen LogP contribution is -2.44. The molecule has 0 fully saturated rings. The van der Waals surface area contributed by atoms with Crippen LogP contribution in [0.15, 0.2) is 24.3 Å². The van der Waals surface area contributed by atoms with E-state index in [9.17, 15) is 9.59 Å². The Bertz CT molecular complexity index is 1030. The molecule has 2 N–H and O–H groups in total. The number of nitrogens with zero attached hydrogens (tertiary/aromatic N) is 1. The topological polar surface area (TPSA) is 89.1 Å². The van der Waals surface area contributed by atoms with E-state index >= 15 is 0 Å². The van der Waals surface area contributed by atoms with Crippen molar-refractivity contribution in [3.63, 3.8) is 0 Å². The van der Waals surface area contributed by atoms with Gasteiger partial charge in [-0.2, -0.15) is 0 Å². The van der Waals surface area contributed by atoms with Gasteiger partial charge in [-0.25, -0.2) is 9.59 Å². The Labute approximate surface area is 240 Å². The molecule has 2 heterocycles. The molecule has 2 aliphatic heterocycles. The van der Waals surface area contributed by atoms with Crippen molar-refractivity contribution in [3.8, 4) is 11.5 Å². The van der Waals surface area contributed by atoms with Crippen molar-refractivity contribution in [2.75, 3.05) is 26.7 Å². The normalized spacial score (nSPS) is 23.0. The Kier molecular flexibility index (Phi) is 11.2. The van der Waals surface area contributed by atoms with Gasteiger partial charge in [0.05, 0.1) is 5.41 Å². The van der Waals surface area contributed by atoms with E-state index < -0.39 is 6.09 Å². The number of nitrogens with one attached hydrogen (secondary N) is 2. The molecule has 0 aromatic heterocycles. The predicted octanol–water partition coefficient (Wildman–Crippen LogP) is 6.60. The molecule has 8 heteroatoms. The molecule has 222 valence electrons. The number of hydrogen-bond donors (Lipinski definition) is 2. The Morgan fingerprint density at radius 3 is 2.35 bits per heavy atom. The largest absolute Gasteiger partial charge is 0.485 e. The molecular weight excluding hydrogens is 506 g/mol. The summed E-state index contributed by atoms with van der Waals surface area (Å²) in [6.07, 6.45) is 15.6. The molecule has 0 bridgehead atoms. The first-order chi connectivity index (χ1) is 19.5. The molecule has 1 spiro atoms. The number of ether oxygens (including phenoxy) is 3. The highest BCUT2D eigenvalue weighted by Gasteiger charge is 2.53. The zero-order valence-electron chi connectivity index (χ0n) is 24.8. The Hall–Kier alpha value is -2.74. The van der Waals surface area contributed by atoms with E-state index in [-0.39, 0.29) is 23.7 Å². The number of amides is 2. The average molecular weight is 556 g/mol. The van der Waals surface area contributed by atoms with E-state index in [0.717, 1.165) is 50.8 Å². The summed E-state index contributed by atoms with van der Waals surface area (Å²) >= 11 is 0. The number of carbonyl (C=O) groups excluding carboxylic acids is 2. The van der Waals surface area contributed by atoms with Crippen LogP contribution in [0.1, 0.15) is 102 Å². The fourth-order valence-electron chi connectivity index (χ4n) is 6.23. The van der Waals surface area contributed by atoms with Crippen LogP contribution in [0.25, 0.3) is 0 Å². The molecule has 0 radical (unpaired) electrons. The lowest BCUT2D eigenvalue weighted by Gasteiger charge is -2.36. The first-order valence-corrected chi connectivity index (χ1v) is 15.6. The van der Waals surface area contributed by atoms with E-state index in [0.29, 0.717) is 31.0 Å². The summed E-state index contributed by atoms with van der Waals surface area (Å²) in [5, 5.41) is 5.79. The van der Waals surface area contributed by atoms with Crippen LogP contribution in [0, 0.1) is 0 Å². The molecule has 1 aromatic rings. The molecule has 0 unspecified atom stereocenters. The molecule has 3 aliphatic rings. The van der Waals surface area contributed by atoms with Crippen molar-refractivity contribution in [2.45, 2.75) is 115 Å². The highest BCUT2D eigenvalue weighted by atomic mass is 16.6. The van der Waals surface area contributed by atoms with Crippen LogP contribution in [-0.4, -0.2) is 56.0 Å². The lowest BCUT2D eigenvalue weighted by atomic mass is 9.69. The van der Waals surface area contributed by atoms with Crippen LogP contribution in [0.4, 0.5) is 9.59 Å². The van der Waals surface area contributed by atoms with Crippen molar-refractivity contribution in [3.05, 3.63) is 35.4 Å². The first-order valence-electron chi connectivity index (χ1n) is 15.6. The summed E-state index contributed by atoms with van der Waals surface area (Å²) in [6, 6.07) is 3.91. The number of alkyl carbamates (subject to hydrolysis) is 1. The summed E-state index contributed by atoms with van der Waals surface area (Å²) in [5.41, 5.74) is 1.96. The monoisotopic (exact) mass is 555 g/mol. The third-order valence-corrected chi connectivity index (χ3v) is 8.47. The van der Waals surface area contributed by atoms with Gasteiger partial charge in [-0.15, -0.1) is 0 Å². The van der Waals surface area contributed by atoms with Crippen molar-refractivity contribution in [1.82, 2.24) is 15.5 Å². The number of hydrogen-bond acceptors (Lipinski definition) is 6. The van der Waals surface area contributed by atoms with E-state index in [1.54, 1.807) is 0 Å². The second-order valence-corrected chi connectivity index (χ2v) is 11.7. The molecule has 0 saturated heterocycles. The third kappa shape index (κ3) is 7.50. The minimum atomic E-state index is -0.451. The van der Waals surface area contributed by atoms with Gasteiger partial charge in [-0.3, -0.25) is 0 Å². The number of carbonyl (C=O) groups is 2. The zero-order valence-corrected chi connectivity index (χ0v) is 24.8. The summed E-state index contributed by atoms with van der Waals surface area (Å²) in [5.74, 6) is 1.10. The maximum Gasteiger partial charge on any atom is 0.412 e.